The number of amides is 2. The molecular weight excluding hydrogens is 280 g/mol. The molecule has 1 fully saturated rings. The Morgan fingerprint density at radius 2 is 1.82 bits per heavy atom. The van der Waals surface area contributed by atoms with Crippen molar-refractivity contribution < 1.29 is 14.3 Å². The quantitative estimate of drug-likeness (QED) is 0.933. The van der Waals surface area contributed by atoms with E-state index in [-0.39, 0.29) is 17.7 Å². The number of benzene rings is 1. The number of anilines is 1. The first kappa shape index (κ1) is 16.3. The van der Waals surface area contributed by atoms with Crippen LogP contribution in [-0.2, 0) is 9.59 Å². The molecule has 0 aliphatic carbocycles. The molecule has 1 heterocycles. The van der Waals surface area contributed by atoms with Crippen LogP contribution < -0.4 is 10.1 Å². The van der Waals surface area contributed by atoms with Gasteiger partial charge in [-0.3, -0.25) is 9.59 Å². The van der Waals surface area contributed by atoms with Crippen LogP contribution in [0.4, 0.5) is 5.69 Å². The molecular formula is C17H24N2O3. The smallest absolute Gasteiger partial charge is 0.227 e. The number of nitrogens with one attached hydrogen (secondary N) is 1. The molecule has 1 aromatic rings. The highest BCUT2D eigenvalue weighted by molar-refractivity contribution is 5.93. The second-order valence-electron chi connectivity index (χ2n) is 5.91. The summed E-state index contributed by atoms with van der Waals surface area (Å²) in [7, 11) is 1.64. The van der Waals surface area contributed by atoms with E-state index in [0.29, 0.717) is 13.1 Å². The zero-order chi connectivity index (χ0) is 16.3. The van der Waals surface area contributed by atoms with Crippen LogP contribution in [0.5, 0.6) is 5.75 Å². The van der Waals surface area contributed by atoms with Gasteiger partial charge in [-0.2, -0.15) is 0 Å². The van der Waals surface area contributed by atoms with Gasteiger partial charge in [-0.05, 0) is 49.9 Å². The van der Waals surface area contributed by atoms with Crippen molar-refractivity contribution in [3.63, 3.8) is 0 Å². The Bertz CT molecular complexity index is 576. The first-order valence-corrected chi connectivity index (χ1v) is 7.64. The summed E-state index contributed by atoms with van der Waals surface area (Å²) in [5.41, 5.74) is 2.81. The Morgan fingerprint density at radius 3 is 2.36 bits per heavy atom. The van der Waals surface area contributed by atoms with Gasteiger partial charge in [0.05, 0.1) is 7.11 Å². The molecule has 5 nitrogen and oxygen atoms in total. The van der Waals surface area contributed by atoms with Gasteiger partial charge in [-0.15, -0.1) is 0 Å². The number of rotatable bonds is 3. The molecule has 2 rings (SSSR count). The van der Waals surface area contributed by atoms with Crippen LogP contribution >= 0.6 is 0 Å². The molecule has 0 radical (unpaired) electrons. The summed E-state index contributed by atoms with van der Waals surface area (Å²) >= 11 is 0. The van der Waals surface area contributed by atoms with Crippen molar-refractivity contribution in [3.8, 4) is 5.75 Å². The number of hydrogen-bond donors (Lipinski definition) is 1. The van der Waals surface area contributed by atoms with Gasteiger partial charge in [0.15, 0.2) is 0 Å². The van der Waals surface area contributed by atoms with Crippen molar-refractivity contribution >= 4 is 17.5 Å². The van der Waals surface area contributed by atoms with Gasteiger partial charge >= 0.3 is 0 Å². The lowest BCUT2D eigenvalue weighted by atomic mass is 9.95. The Labute approximate surface area is 131 Å². The molecule has 1 saturated heterocycles. The largest absolute Gasteiger partial charge is 0.496 e. The first-order valence-electron chi connectivity index (χ1n) is 7.64. The topological polar surface area (TPSA) is 58.6 Å². The number of nitrogens with zero attached hydrogens (tertiary/aromatic N) is 1. The monoisotopic (exact) mass is 304 g/mol. The summed E-state index contributed by atoms with van der Waals surface area (Å²) in [6.45, 7) is 6.81. The van der Waals surface area contributed by atoms with Gasteiger partial charge < -0.3 is 15.0 Å². The molecule has 1 aliphatic rings. The van der Waals surface area contributed by atoms with Gasteiger partial charge in [0.1, 0.15) is 5.75 Å². The number of carbonyl (C=O) groups is 2. The van der Waals surface area contributed by atoms with E-state index in [9.17, 15) is 9.59 Å². The molecule has 0 aromatic heterocycles. The Kier molecular flexibility index (Phi) is 5.06. The minimum absolute atomic E-state index is 0.0302. The maximum absolute atomic E-state index is 12.4. The SMILES string of the molecule is COc1cc(C)c(NC(=O)C2CCN(C(C)=O)CC2)cc1C. The molecule has 5 heteroatoms. The van der Waals surface area contributed by atoms with Crippen LogP contribution in [0.2, 0.25) is 0 Å². The van der Waals surface area contributed by atoms with E-state index in [1.165, 1.54) is 0 Å². The van der Waals surface area contributed by atoms with Crippen molar-refractivity contribution in [1.82, 2.24) is 4.90 Å². The van der Waals surface area contributed by atoms with E-state index in [4.69, 9.17) is 4.74 Å². The minimum Gasteiger partial charge on any atom is -0.496 e. The highest BCUT2D eigenvalue weighted by Gasteiger charge is 2.26. The summed E-state index contributed by atoms with van der Waals surface area (Å²) in [5, 5.41) is 3.02. The van der Waals surface area contributed by atoms with E-state index in [1.54, 1.807) is 18.9 Å². The molecule has 0 spiro atoms. The van der Waals surface area contributed by atoms with Crippen molar-refractivity contribution in [3.05, 3.63) is 23.3 Å². The molecule has 0 atom stereocenters. The number of piperidine rings is 1. The molecule has 0 bridgehead atoms. The standard InChI is InChI=1S/C17H24N2O3/c1-11-10-16(22-4)12(2)9-15(11)18-17(21)14-5-7-19(8-6-14)13(3)20/h9-10,14H,5-8H2,1-4H3,(H,18,21). The highest BCUT2D eigenvalue weighted by atomic mass is 16.5. The molecule has 2 amide bonds. The van der Waals surface area contributed by atoms with E-state index in [1.807, 2.05) is 26.0 Å². The molecule has 1 N–H and O–H groups in total. The second kappa shape index (κ2) is 6.81. The lowest BCUT2D eigenvalue weighted by Gasteiger charge is -2.30. The summed E-state index contributed by atoms with van der Waals surface area (Å²) in [6.07, 6.45) is 1.44. The molecule has 1 aromatic carbocycles. The number of methoxy groups -OCH3 is 1. The van der Waals surface area contributed by atoms with E-state index >= 15 is 0 Å². The number of carbonyl (C=O) groups excluding carboxylic acids is 2. The van der Waals surface area contributed by atoms with Gasteiger partial charge in [-0.1, -0.05) is 0 Å². The van der Waals surface area contributed by atoms with Crippen LogP contribution in [0.25, 0.3) is 0 Å². The van der Waals surface area contributed by atoms with E-state index in [0.717, 1.165) is 35.4 Å². The van der Waals surface area contributed by atoms with Gasteiger partial charge in [0.2, 0.25) is 11.8 Å². The van der Waals surface area contributed by atoms with E-state index in [2.05, 4.69) is 5.32 Å². The fourth-order valence-electron chi connectivity index (χ4n) is 2.84. The summed E-state index contributed by atoms with van der Waals surface area (Å²) in [5.74, 6) is 0.916. The second-order valence-corrected chi connectivity index (χ2v) is 5.91. The number of likely N-dealkylation sites (tertiary alicyclic amines) is 1. The van der Waals surface area contributed by atoms with Crippen molar-refractivity contribution in [2.45, 2.75) is 33.6 Å². The number of hydrogen-bond acceptors (Lipinski definition) is 3. The van der Waals surface area contributed by atoms with Crippen LogP contribution in [-0.4, -0.2) is 36.9 Å². The number of ether oxygens (including phenoxy) is 1. The van der Waals surface area contributed by atoms with Crippen molar-refractivity contribution in [1.29, 1.82) is 0 Å². The Hall–Kier alpha value is -2.04. The van der Waals surface area contributed by atoms with Crippen molar-refractivity contribution in [2.24, 2.45) is 5.92 Å². The molecule has 22 heavy (non-hydrogen) atoms. The van der Waals surface area contributed by atoms with Crippen LogP contribution in [0.3, 0.4) is 0 Å². The fraction of sp³-hybridized carbons (Fsp3) is 0.529. The van der Waals surface area contributed by atoms with Gasteiger partial charge in [0, 0.05) is 31.6 Å². The average molecular weight is 304 g/mol. The lowest BCUT2D eigenvalue weighted by Crippen LogP contribution is -2.40. The van der Waals surface area contributed by atoms with Crippen LogP contribution in [0.1, 0.15) is 30.9 Å². The Balaban J connectivity index is 2.01. The molecule has 0 unspecified atom stereocenters. The predicted octanol–water partition coefficient (Wildman–Crippen LogP) is 2.51. The maximum Gasteiger partial charge on any atom is 0.227 e. The summed E-state index contributed by atoms with van der Waals surface area (Å²) < 4.78 is 5.29. The van der Waals surface area contributed by atoms with Crippen molar-refractivity contribution in [2.75, 3.05) is 25.5 Å². The fourth-order valence-corrected chi connectivity index (χ4v) is 2.84. The minimum atomic E-state index is -0.0302. The summed E-state index contributed by atoms with van der Waals surface area (Å²) in [4.78, 5) is 25.5. The predicted molar refractivity (Wildman–Crippen MR) is 86.1 cm³/mol. The maximum atomic E-state index is 12.4. The zero-order valence-electron chi connectivity index (χ0n) is 13.7. The molecule has 0 saturated carbocycles. The average Bonchev–Trinajstić information content (AvgIpc) is 2.50. The van der Waals surface area contributed by atoms with Crippen LogP contribution in [0.15, 0.2) is 12.1 Å². The normalized spacial score (nSPS) is 15.5. The third-order valence-electron chi connectivity index (χ3n) is 4.31. The van der Waals surface area contributed by atoms with Crippen LogP contribution in [0, 0.1) is 19.8 Å². The van der Waals surface area contributed by atoms with Gasteiger partial charge in [-0.25, -0.2) is 0 Å². The highest BCUT2D eigenvalue weighted by Crippen LogP contribution is 2.27. The third kappa shape index (κ3) is 3.59. The van der Waals surface area contributed by atoms with Gasteiger partial charge in [0.25, 0.3) is 0 Å². The first-order chi connectivity index (χ1) is 10.4. The van der Waals surface area contributed by atoms with E-state index < -0.39 is 0 Å². The third-order valence-corrected chi connectivity index (χ3v) is 4.31. The zero-order valence-corrected chi connectivity index (χ0v) is 13.7. The molecule has 120 valence electrons. The number of aryl methyl sites for hydroxylation is 2. The Morgan fingerprint density at radius 1 is 1.18 bits per heavy atom. The molecule has 1 aliphatic heterocycles. The summed E-state index contributed by atoms with van der Waals surface area (Å²) in [6, 6.07) is 3.88. The lowest BCUT2D eigenvalue weighted by molar-refractivity contribution is -0.132.